The molecular weight excluding hydrogens is 360 g/mol. The summed E-state index contributed by atoms with van der Waals surface area (Å²) in [6, 6.07) is 13.7. The molecule has 2 aliphatic rings. The van der Waals surface area contributed by atoms with Crippen LogP contribution in [0.15, 0.2) is 48.2 Å². The summed E-state index contributed by atoms with van der Waals surface area (Å²) >= 11 is 0. The summed E-state index contributed by atoms with van der Waals surface area (Å²) in [4.78, 5) is 30.8. The first-order valence-electron chi connectivity index (χ1n) is 10.4. The predicted molar refractivity (Wildman–Crippen MR) is 116 cm³/mol. The van der Waals surface area contributed by atoms with Crippen LogP contribution in [0, 0.1) is 26.7 Å². The van der Waals surface area contributed by atoms with Crippen molar-refractivity contribution in [1.29, 1.82) is 0 Å². The van der Waals surface area contributed by atoms with Gasteiger partial charge in [0.25, 0.3) is 11.8 Å². The highest BCUT2D eigenvalue weighted by molar-refractivity contribution is 6.45. The van der Waals surface area contributed by atoms with Gasteiger partial charge in [0.05, 0.1) is 11.3 Å². The third-order valence-electron chi connectivity index (χ3n) is 6.19. The first-order chi connectivity index (χ1) is 13.9. The molecule has 0 spiro atoms. The maximum atomic E-state index is 13.6. The summed E-state index contributed by atoms with van der Waals surface area (Å²) in [6.07, 6.45) is 2.20. The van der Waals surface area contributed by atoms with Gasteiger partial charge in [0.15, 0.2) is 0 Å². The number of piperidine rings is 1. The fourth-order valence-electron chi connectivity index (χ4n) is 4.38. The molecule has 2 aromatic carbocycles. The topological polar surface area (TPSA) is 40.6 Å². The molecule has 0 bridgehead atoms. The van der Waals surface area contributed by atoms with Crippen LogP contribution in [0.1, 0.15) is 42.0 Å². The van der Waals surface area contributed by atoms with Crippen molar-refractivity contribution in [1.82, 2.24) is 4.90 Å². The number of aryl methyl sites for hydroxylation is 2. The van der Waals surface area contributed by atoms with Crippen LogP contribution >= 0.6 is 0 Å². The molecule has 150 valence electrons. The molecule has 29 heavy (non-hydrogen) atoms. The van der Waals surface area contributed by atoms with Crippen LogP contribution in [0.3, 0.4) is 0 Å². The lowest BCUT2D eigenvalue weighted by Crippen LogP contribution is -2.39. The van der Waals surface area contributed by atoms with Crippen LogP contribution in [0.5, 0.6) is 0 Å². The summed E-state index contributed by atoms with van der Waals surface area (Å²) in [5.41, 5.74) is 5.76. The average Bonchev–Trinajstić information content (AvgIpc) is 2.95. The van der Waals surface area contributed by atoms with Crippen LogP contribution in [0.25, 0.3) is 5.57 Å². The minimum absolute atomic E-state index is 0.201. The summed E-state index contributed by atoms with van der Waals surface area (Å²) in [6.45, 7) is 9.83. The zero-order chi connectivity index (χ0) is 20.7. The van der Waals surface area contributed by atoms with Gasteiger partial charge in [-0.25, -0.2) is 4.90 Å². The molecule has 1 unspecified atom stereocenters. The highest BCUT2D eigenvalue weighted by Gasteiger charge is 2.43. The smallest absolute Gasteiger partial charge is 0.282 e. The molecule has 4 nitrogen and oxygen atoms in total. The van der Waals surface area contributed by atoms with E-state index in [1.807, 2.05) is 63.2 Å². The third kappa shape index (κ3) is 3.37. The SMILES string of the molecule is Cc1ccc(C2=C(N3CCCC(C)C3)C(=O)N(c3cccc(C)c3C)C2=O)cc1. The Balaban J connectivity index is 1.85. The van der Waals surface area contributed by atoms with Crippen molar-refractivity contribution in [3.05, 3.63) is 70.4 Å². The number of hydrogen-bond acceptors (Lipinski definition) is 3. The number of likely N-dealkylation sites (tertiary alicyclic amines) is 1. The Kier molecular flexibility index (Phi) is 5.03. The van der Waals surface area contributed by atoms with Crippen molar-refractivity contribution < 1.29 is 9.59 Å². The van der Waals surface area contributed by atoms with Crippen molar-refractivity contribution in [3.8, 4) is 0 Å². The quantitative estimate of drug-likeness (QED) is 0.720. The molecule has 1 saturated heterocycles. The van der Waals surface area contributed by atoms with Gasteiger partial charge in [0.1, 0.15) is 5.70 Å². The highest BCUT2D eigenvalue weighted by Crippen LogP contribution is 2.38. The van der Waals surface area contributed by atoms with E-state index in [9.17, 15) is 9.59 Å². The first-order valence-corrected chi connectivity index (χ1v) is 10.4. The van der Waals surface area contributed by atoms with E-state index in [1.54, 1.807) is 0 Å². The number of anilines is 1. The van der Waals surface area contributed by atoms with Gasteiger partial charge in [-0.1, -0.05) is 48.9 Å². The summed E-state index contributed by atoms with van der Waals surface area (Å²) in [5.74, 6) is 0.0855. The van der Waals surface area contributed by atoms with E-state index in [-0.39, 0.29) is 11.8 Å². The molecule has 4 heteroatoms. The number of imide groups is 1. The Morgan fingerprint density at radius 1 is 0.931 bits per heavy atom. The zero-order valence-corrected chi connectivity index (χ0v) is 17.7. The number of rotatable bonds is 3. The Morgan fingerprint density at radius 2 is 1.66 bits per heavy atom. The lowest BCUT2D eigenvalue weighted by molar-refractivity contribution is -0.120. The van der Waals surface area contributed by atoms with Crippen LogP contribution < -0.4 is 4.90 Å². The normalized spacial score (nSPS) is 20.1. The van der Waals surface area contributed by atoms with E-state index in [0.29, 0.717) is 22.9 Å². The van der Waals surface area contributed by atoms with Gasteiger partial charge in [-0.15, -0.1) is 0 Å². The summed E-state index contributed by atoms with van der Waals surface area (Å²) < 4.78 is 0. The Bertz CT molecular complexity index is 1000. The molecule has 2 aromatic rings. The molecule has 2 amide bonds. The van der Waals surface area contributed by atoms with Crippen molar-refractivity contribution in [2.75, 3.05) is 18.0 Å². The molecule has 1 fully saturated rings. The highest BCUT2D eigenvalue weighted by atomic mass is 16.2. The van der Waals surface area contributed by atoms with Crippen molar-refractivity contribution >= 4 is 23.1 Å². The predicted octanol–water partition coefficient (Wildman–Crippen LogP) is 4.63. The standard InChI is InChI=1S/C25H28N2O2/c1-16-10-12-20(13-11-16)22-23(26-14-6-7-17(2)15-26)25(29)27(24(22)28)21-9-5-8-18(3)19(21)4/h5,8-13,17H,6-7,14-15H2,1-4H3. The lowest BCUT2D eigenvalue weighted by atomic mass is 9.97. The van der Waals surface area contributed by atoms with Crippen molar-refractivity contribution in [2.24, 2.45) is 5.92 Å². The second kappa shape index (κ2) is 7.51. The Morgan fingerprint density at radius 3 is 2.34 bits per heavy atom. The van der Waals surface area contributed by atoms with Crippen molar-refractivity contribution in [2.45, 2.75) is 40.5 Å². The van der Waals surface area contributed by atoms with E-state index in [0.717, 1.165) is 48.2 Å². The molecule has 0 radical (unpaired) electrons. The molecule has 4 rings (SSSR count). The van der Waals surface area contributed by atoms with E-state index >= 15 is 0 Å². The average molecular weight is 389 g/mol. The van der Waals surface area contributed by atoms with E-state index in [1.165, 1.54) is 4.90 Å². The third-order valence-corrected chi connectivity index (χ3v) is 6.19. The minimum Gasteiger partial charge on any atom is -0.366 e. The molecule has 1 atom stereocenters. The monoisotopic (exact) mass is 388 g/mol. The number of benzene rings is 2. The number of carbonyl (C=O) groups excluding carboxylic acids is 2. The molecule has 0 saturated carbocycles. The van der Waals surface area contributed by atoms with Crippen LogP contribution in [0.2, 0.25) is 0 Å². The maximum Gasteiger partial charge on any atom is 0.282 e. The van der Waals surface area contributed by atoms with Crippen molar-refractivity contribution in [3.63, 3.8) is 0 Å². The number of amides is 2. The Labute approximate surface area is 172 Å². The van der Waals surface area contributed by atoms with Gasteiger partial charge in [-0.2, -0.15) is 0 Å². The minimum atomic E-state index is -0.222. The van der Waals surface area contributed by atoms with Gasteiger partial charge in [0, 0.05) is 13.1 Å². The van der Waals surface area contributed by atoms with E-state index < -0.39 is 0 Å². The van der Waals surface area contributed by atoms with Crippen LogP contribution in [0.4, 0.5) is 5.69 Å². The van der Waals surface area contributed by atoms with E-state index in [4.69, 9.17) is 0 Å². The molecular formula is C25H28N2O2. The fourth-order valence-corrected chi connectivity index (χ4v) is 4.38. The second-order valence-electron chi connectivity index (χ2n) is 8.45. The van der Waals surface area contributed by atoms with Gasteiger partial charge >= 0.3 is 0 Å². The van der Waals surface area contributed by atoms with E-state index in [2.05, 4.69) is 11.8 Å². The molecule has 0 N–H and O–H groups in total. The fraction of sp³-hybridized carbons (Fsp3) is 0.360. The van der Waals surface area contributed by atoms with Gasteiger partial charge in [0.2, 0.25) is 0 Å². The number of carbonyl (C=O) groups is 2. The second-order valence-corrected chi connectivity index (χ2v) is 8.45. The summed E-state index contributed by atoms with van der Waals surface area (Å²) in [5, 5.41) is 0. The van der Waals surface area contributed by atoms with Gasteiger partial charge in [-0.3, -0.25) is 9.59 Å². The van der Waals surface area contributed by atoms with Gasteiger partial charge < -0.3 is 4.90 Å². The molecule has 0 aromatic heterocycles. The van der Waals surface area contributed by atoms with Crippen LogP contribution in [-0.2, 0) is 9.59 Å². The maximum absolute atomic E-state index is 13.6. The summed E-state index contributed by atoms with van der Waals surface area (Å²) in [7, 11) is 0. The zero-order valence-electron chi connectivity index (χ0n) is 17.7. The number of nitrogens with zero attached hydrogens (tertiary/aromatic N) is 2. The molecule has 0 aliphatic carbocycles. The number of hydrogen-bond donors (Lipinski definition) is 0. The van der Waals surface area contributed by atoms with Gasteiger partial charge in [-0.05, 0) is 62.3 Å². The Hall–Kier alpha value is -2.88. The lowest BCUT2D eigenvalue weighted by Gasteiger charge is -2.33. The first kappa shape index (κ1) is 19.4. The molecule has 2 heterocycles. The largest absolute Gasteiger partial charge is 0.366 e. The van der Waals surface area contributed by atoms with Crippen LogP contribution in [-0.4, -0.2) is 29.8 Å². The molecule has 2 aliphatic heterocycles.